The lowest BCUT2D eigenvalue weighted by molar-refractivity contribution is -0.192. The minimum absolute atomic E-state index is 0.0637. The third-order valence-electron chi connectivity index (χ3n) is 6.36. The van der Waals surface area contributed by atoms with Crippen molar-refractivity contribution in [1.29, 1.82) is 0 Å². The molecule has 3 N–H and O–H groups in total. The van der Waals surface area contributed by atoms with Crippen LogP contribution in [0, 0.1) is 6.92 Å². The van der Waals surface area contributed by atoms with Gasteiger partial charge in [-0.05, 0) is 61.9 Å². The van der Waals surface area contributed by atoms with E-state index in [0.29, 0.717) is 17.8 Å². The Morgan fingerprint density at radius 1 is 0.881 bits per heavy atom. The zero-order chi connectivity index (χ0) is 30.9. The predicted octanol–water partition coefficient (Wildman–Crippen LogP) is 5.32. The van der Waals surface area contributed by atoms with Crippen LogP contribution in [0.3, 0.4) is 0 Å². The molecule has 0 bridgehead atoms. The second-order valence-corrected chi connectivity index (χ2v) is 9.52. The van der Waals surface area contributed by atoms with Crippen LogP contribution in [-0.2, 0) is 11.3 Å². The number of hydrogen-bond donors (Lipinski definition) is 3. The highest BCUT2D eigenvalue weighted by molar-refractivity contribution is 5.96. The number of benzene rings is 3. The van der Waals surface area contributed by atoms with Crippen LogP contribution in [0.5, 0.6) is 0 Å². The number of rotatable bonds is 6. The fraction of sp³-hybridized carbons (Fsp3) is 0.267. The minimum atomic E-state index is -5.08. The average Bonchev–Trinajstić information content (AvgIpc) is 2.96. The van der Waals surface area contributed by atoms with Gasteiger partial charge >= 0.3 is 18.1 Å². The number of aryl methyl sites for hydroxylation is 1. The largest absolute Gasteiger partial charge is 0.490 e. The molecule has 0 aromatic heterocycles. The van der Waals surface area contributed by atoms with E-state index >= 15 is 0 Å². The van der Waals surface area contributed by atoms with E-state index in [0.717, 1.165) is 43.4 Å². The summed E-state index contributed by atoms with van der Waals surface area (Å²) < 4.78 is 31.7. The molecule has 42 heavy (non-hydrogen) atoms. The number of alkyl halides is 3. The Kier molecular flexibility index (Phi) is 10.7. The first kappa shape index (κ1) is 31.7. The van der Waals surface area contributed by atoms with Gasteiger partial charge in [-0.25, -0.2) is 14.6 Å². The minimum Gasteiger partial charge on any atom is -0.478 e. The smallest absolute Gasteiger partial charge is 0.478 e. The topological polar surface area (TPSA) is 123 Å². The van der Waals surface area contributed by atoms with E-state index in [1.807, 2.05) is 30.3 Å². The number of carbonyl (C=O) groups is 3. The first-order chi connectivity index (χ1) is 19.8. The molecule has 0 spiro atoms. The van der Waals surface area contributed by atoms with Crippen molar-refractivity contribution in [1.82, 2.24) is 4.90 Å². The molecular formula is C30H31F3N4O5. The normalized spacial score (nSPS) is 13.6. The van der Waals surface area contributed by atoms with Crippen LogP contribution in [0.25, 0.3) is 0 Å². The monoisotopic (exact) mass is 584 g/mol. The van der Waals surface area contributed by atoms with Gasteiger partial charge in [0.2, 0.25) is 0 Å². The summed E-state index contributed by atoms with van der Waals surface area (Å²) in [4.78, 5) is 41.2. The summed E-state index contributed by atoms with van der Waals surface area (Å²) in [5.41, 5.74) is 5.04. The van der Waals surface area contributed by atoms with Gasteiger partial charge in [0, 0.05) is 43.1 Å². The Morgan fingerprint density at radius 2 is 1.48 bits per heavy atom. The van der Waals surface area contributed by atoms with Gasteiger partial charge in [0.1, 0.15) is 0 Å². The molecule has 4 rings (SSSR count). The Morgan fingerprint density at radius 3 is 2.00 bits per heavy atom. The van der Waals surface area contributed by atoms with Crippen molar-refractivity contribution in [3.05, 3.63) is 95.1 Å². The molecule has 0 radical (unpaired) electrons. The van der Waals surface area contributed by atoms with Crippen molar-refractivity contribution in [2.45, 2.75) is 26.6 Å². The highest BCUT2D eigenvalue weighted by atomic mass is 19.4. The number of piperazine rings is 1. The van der Waals surface area contributed by atoms with Crippen molar-refractivity contribution in [3.8, 4) is 0 Å². The number of carbonyl (C=O) groups excluding carboxylic acids is 1. The van der Waals surface area contributed by atoms with E-state index in [1.165, 1.54) is 5.56 Å². The Hall–Kier alpha value is -4.87. The number of Topliss-reactive ketones (excluding diaryl/α,β-unsaturated/α-hetero) is 1. The molecule has 1 aliphatic heterocycles. The standard InChI is InChI=1S/C28H30N4O3.C2HF3O2/c1-20-6-8-22(9-7-20)19-29-28(30-25-5-3-4-24(18-25)27(34)35)32-16-14-31(15-17-32)26-12-10-23(11-13-26)21(2)33;3-2(4,5)1(6)7/h3-13,18H,14-17,19H2,1-2H3,(H,29,30)(H,34,35);(H,6,7). The number of aliphatic carboxylic acids is 1. The van der Waals surface area contributed by atoms with E-state index in [4.69, 9.17) is 14.9 Å². The third kappa shape index (κ3) is 9.36. The van der Waals surface area contributed by atoms with Crippen LogP contribution < -0.4 is 10.2 Å². The second kappa shape index (κ2) is 14.2. The summed E-state index contributed by atoms with van der Waals surface area (Å²) in [6.07, 6.45) is -5.08. The van der Waals surface area contributed by atoms with E-state index in [1.54, 1.807) is 25.1 Å². The summed E-state index contributed by atoms with van der Waals surface area (Å²) in [6, 6.07) is 22.8. The summed E-state index contributed by atoms with van der Waals surface area (Å²) in [6.45, 7) is 7.28. The van der Waals surface area contributed by atoms with Crippen molar-refractivity contribution < 1.29 is 37.8 Å². The van der Waals surface area contributed by atoms with Gasteiger partial charge in [0.25, 0.3) is 0 Å². The van der Waals surface area contributed by atoms with Crippen molar-refractivity contribution in [3.63, 3.8) is 0 Å². The van der Waals surface area contributed by atoms with E-state index in [-0.39, 0.29) is 11.3 Å². The van der Waals surface area contributed by atoms with Crippen molar-refractivity contribution >= 4 is 35.1 Å². The van der Waals surface area contributed by atoms with Crippen LogP contribution in [-0.4, -0.2) is 71.1 Å². The van der Waals surface area contributed by atoms with Gasteiger partial charge in [0.05, 0.1) is 12.1 Å². The molecule has 1 heterocycles. The quantitative estimate of drug-likeness (QED) is 0.202. The van der Waals surface area contributed by atoms with Crippen LogP contribution >= 0.6 is 0 Å². The number of carboxylic acid groups (broad SMARTS) is 2. The molecule has 0 aliphatic carbocycles. The van der Waals surface area contributed by atoms with Gasteiger partial charge < -0.3 is 25.3 Å². The number of nitrogens with one attached hydrogen (secondary N) is 1. The number of carboxylic acids is 2. The van der Waals surface area contributed by atoms with E-state index in [9.17, 15) is 27.9 Å². The summed E-state index contributed by atoms with van der Waals surface area (Å²) in [5, 5.41) is 19.8. The molecular weight excluding hydrogens is 553 g/mol. The number of hydrogen-bond acceptors (Lipinski definition) is 5. The Labute approximate surface area is 240 Å². The van der Waals surface area contributed by atoms with Gasteiger partial charge in [-0.3, -0.25) is 4.79 Å². The molecule has 0 unspecified atom stereocenters. The average molecular weight is 585 g/mol. The zero-order valence-corrected chi connectivity index (χ0v) is 23.1. The number of anilines is 2. The molecule has 222 valence electrons. The maximum Gasteiger partial charge on any atom is 0.490 e. The number of ketones is 1. The molecule has 1 fully saturated rings. The lowest BCUT2D eigenvalue weighted by atomic mass is 10.1. The first-order valence-electron chi connectivity index (χ1n) is 12.9. The van der Waals surface area contributed by atoms with Gasteiger partial charge in [0.15, 0.2) is 11.7 Å². The van der Waals surface area contributed by atoms with E-state index in [2.05, 4.69) is 46.3 Å². The molecule has 0 amide bonds. The molecule has 1 aliphatic rings. The van der Waals surface area contributed by atoms with Gasteiger partial charge in [-0.2, -0.15) is 13.2 Å². The highest BCUT2D eigenvalue weighted by Crippen LogP contribution is 2.19. The molecule has 3 aromatic rings. The fourth-order valence-electron chi connectivity index (χ4n) is 4.02. The molecule has 3 aromatic carbocycles. The maximum absolute atomic E-state index is 11.6. The molecule has 9 nitrogen and oxygen atoms in total. The predicted molar refractivity (Wildman–Crippen MR) is 153 cm³/mol. The van der Waals surface area contributed by atoms with Gasteiger partial charge in [-0.15, -0.1) is 0 Å². The fourth-order valence-corrected chi connectivity index (χ4v) is 4.02. The first-order valence-corrected chi connectivity index (χ1v) is 12.9. The van der Waals surface area contributed by atoms with Crippen LogP contribution in [0.1, 0.15) is 38.8 Å². The summed E-state index contributed by atoms with van der Waals surface area (Å²) >= 11 is 0. The van der Waals surface area contributed by atoms with E-state index < -0.39 is 18.1 Å². The molecule has 0 saturated carbocycles. The summed E-state index contributed by atoms with van der Waals surface area (Å²) in [7, 11) is 0. The van der Waals surface area contributed by atoms with Gasteiger partial charge in [-0.1, -0.05) is 35.9 Å². The number of nitrogens with zero attached hydrogens (tertiary/aromatic N) is 3. The number of aromatic carboxylic acids is 1. The Bertz CT molecular complexity index is 1420. The molecule has 12 heteroatoms. The number of halogens is 3. The zero-order valence-electron chi connectivity index (χ0n) is 23.1. The summed E-state index contributed by atoms with van der Waals surface area (Å²) in [5.74, 6) is -2.93. The van der Waals surface area contributed by atoms with Crippen molar-refractivity contribution in [2.75, 3.05) is 36.4 Å². The lowest BCUT2D eigenvalue weighted by Crippen LogP contribution is -2.50. The SMILES string of the molecule is CC(=O)c1ccc(N2CCN(C(=NCc3ccc(C)cc3)Nc3cccc(C(=O)O)c3)CC2)cc1.O=C(O)C(F)(F)F. The van der Waals surface area contributed by atoms with Crippen LogP contribution in [0.15, 0.2) is 77.8 Å². The Balaban J connectivity index is 0.000000616. The number of aliphatic imine (C=N–C) groups is 1. The molecule has 0 atom stereocenters. The van der Waals surface area contributed by atoms with Crippen LogP contribution in [0.4, 0.5) is 24.5 Å². The number of guanidine groups is 1. The van der Waals surface area contributed by atoms with Crippen molar-refractivity contribution in [2.24, 2.45) is 4.99 Å². The lowest BCUT2D eigenvalue weighted by Gasteiger charge is -2.38. The molecule has 1 saturated heterocycles. The second-order valence-electron chi connectivity index (χ2n) is 9.52. The third-order valence-corrected chi connectivity index (χ3v) is 6.36. The van der Waals surface area contributed by atoms with Crippen LogP contribution in [0.2, 0.25) is 0 Å². The maximum atomic E-state index is 11.6. The highest BCUT2D eigenvalue weighted by Gasteiger charge is 2.38.